The van der Waals surface area contributed by atoms with E-state index < -0.39 is 6.04 Å². The van der Waals surface area contributed by atoms with Crippen LogP contribution in [0.2, 0.25) is 0 Å². The number of rotatable bonds is 2. The lowest BCUT2D eigenvalue weighted by molar-refractivity contribution is -0.124. The molecule has 1 aliphatic rings. The number of nitrogens with one attached hydrogen (secondary N) is 1. The zero-order valence-electron chi connectivity index (χ0n) is 9.89. The number of nitrogens with zero attached hydrogens (tertiary/aromatic N) is 3. The number of likely N-dealkylation sites (N-methyl/N-ethyl adjacent to an activating group) is 1. The van der Waals surface area contributed by atoms with Gasteiger partial charge in [-0.05, 0) is 15.9 Å². The van der Waals surface area contributed by atoms with Gasteiger partial charge in [-0.15, -0.1) is 0 Å². The molecule has 0 aliphatic carbocycles. The predicted molar refractivity (Wildman–Crippen MR) is 70.2 cm³/mol. The topological polar surface area (TPSA) is 93.4 Å². The number of halogens is 1. The Morgan fingerprint density at radius 1 is 1.72 bits per heavy atom. The summed E-state index contributed by atoms with van der Waals surface area (Å²) in [4.78, 5) is 21.7. The first-order valence-corrected chi connectivity index (χ1v) is 6.26. The molecule has 0 aromatic carbocycles. The molecule has 1 amide bonds. The Labute approximate surface area is 113 Å². The molecule has 3 N–H and O–H groups in total. The van der Waals surface area contributed by atoms with E-state index in [0.717, 1.165) is 0 Å². The predicted octanol–water partition coefficient (Wildman–Crippen LogP) is -0.228. The first-order chi connectivity index (χ1) is 8.63. The lowest BCUT2D eigenvalue weighted by Gasteiger charge is -2.35. The number of ether oxygens (including phenoxy) is 1. The van der Waals surface area contributed by atoms with Crippen LogP contribution in [0.25, 0.3) is 0 Å². The van der Waals surface area contributed by atoms with E-state index in [4.69, 9.17) is 10.5 Å². The molecule has 1 aromatic heterocycles. The van der Waals surface area contributed by atoms with E-state index in [0.29, 0.717) is 30.0 Å². The van der Waals surface area contributed by atoms with Crippen LogP contribution in [0, 0.1) is 0 Å². The van der Waals surface area contributed by atoms with Crippen LogP contribution in [0.5, 0.6) is 0 Å². The number of anilines is 2. The van der Waals surface area contributed by atoms with Crippen molar-refractivity contribution in [1.29, 1.82) is 0 Å². The van der Waals surface area contributed by atoms with Crippen molar-refractivity contribution in [2.24, 2.45) is 0 Å². The van der Waals surface area contributed by atoms with E-state index >= 15 is 0 Å². The second-order valence-corrected chi connectivity index (χ2v) is 4.65. The standard InChI is InChI=1S/C10H14BrN5O2/c1-13-9(17)7-5-18-3-2-16(7)8-6(11)4-14-10(12)15-8/h4,7H,2-3,5H2,1H3,(H,13,17)(H2,12,14,15). The van der Waals surface area contributed by atoms with Crippen molar-refractivity contribution in [3.05, 3.63) is 10.7 Å². The number of nitrogen functional groups attached to an aromatic ring is 1. The molecule has 1 unspecified atom stereocenters. The third-order valence-electron chi connectivity index (χ3n) is 2.69. The van der Waals surface area contributed by atoms with E-state index in [1.807, 2.05) is 4.90 Å². The number of hydrogen-bond acceptors (Lipinski definition) is 6. The van der Waals surface area contributed by atoms with E-state index in [2.05, 4.69) is 31.2 Å². The number of hydrogen-bond donors (Lipinski definition) is 2. The minimum atomic E-state index is -0.408. The first kappa shape index (κ1) is 13.0. The van der Waals surface area contributed by atoms with Crippen LogP contribution in [-0.2, 0) is 9.53 Å². The van der Waals surface area contributed by atoms with Gasteiger partial charge in [-0.2, -0.15) is 4.98 Å². The summed E-state index contributed by atoms with van der Waals surface area (Å²) < 4.78 is 6.04. The van der Waals surface area contributed by atoms with E-state index in [1.165, 1.54) is 0 Å². The maximum atomic E-state index is 11.8. The molecule has 7 nitrogen and oxygen atoms in total. The van der Waals surface area contributed by atoms with Gasteiger partial charge in [0.2, 0.25) is 11.9 Å². The van der Waals surface area contributed by atoms with Gasteiger partial charge in [0.25, 0.3) is 0 Å². The molecule has 1 atom stereocenters. The number of nitrogens with two attached hydrogens (primary N) is 1. The number of carbonyl (C=O) groups excluding carboxylic acids is 1. The lowest BCUT2D eigenvalue weighted by Crippen LogP contribution is -2.53. The van der Waals surface area contributed by atoms with E-state index in [9.17, 15) is 4.79 Å². The highest BCUT2D eigenvalue weighted by Crippen LogP contribution is 2.26. The van der Waals surface area contributed by atoms with Crippen molar-refractivity contribution in [3.63, 3.8) is 0 Å². The van der Waals surface area contributed by atoms with Crippen LogP contribution < -0.4 is 16.0 Å². The molecule has 1 aromatic rings. The molecule has 0 bridgehead atoms. The van der Waals surface area contributed by atoms with Crippen molar-refractivity contribution < 1.29 is 9.53 Å². The molecular formula is C10H14BrN5O2. The van der Waals surface area contributed by atoms with Gasteiger partial charge in [-0.3, -0.25) is 4.79 Å². The summed E-state index contributed by atoms with van der Waals surface area (Å²) in [6.07, 6.45) is 1.58. The molecule has 0 radical (unpaired) electrons. The Hall–Kier alpha value is -1.41. The minimum Gasteiger partial charge on any atom is -0.377 e. The Morgan fingerprint density at radius 3 is 3.22 bits per heavy atom. The average molecular weight is 316 g/mol. The smallest absolute Gasteiger partial charge is 0.244 e. The summed E-state index contributed by atoms with van der Waals surface area (Å²) in [5.41, 5.74) is 5.59. The van der Waals surface area contributed by atoms with Crippen LogP contribution in [0.1, 0.15) is 0 Å². The summed E-state index contributed by atoms with van der Waals surface area (Å²) >= 11 is 3.37. The Morgan fingerprint density at radius 2 is 2.50 bits per heavy atom. The first-order valence-electron chi connectivity index (χ1n) is 5.47. The molecule has 2 rings (SSSR count). The van der Waals surface area contributed by atoms with Crippen LogP contribution in [0.3, 0.4) is 0 Å². The SMILES string of the molecule is CNC(=O)C1COCCN1c1nc(N)ncc1Br. The minimum absolute atomic E-state index is 0.112. The number of morpholine rings is 1. The third-order valence-corrected chi connectivity index (χ3v) is 3.25. The average Bonchev–Trinajstić information content (AvgIpc) is 2.40. The van der Waals surface area contributed by atoms with Crippen LogP contribution >= 0.6 is 15.9 Å². The Balaban J connectivity index is 2.33. The van der Waals surface area contributed by atoms with E-state index in [-0.39, 0.29) is 11.9 Å². The van der Waals surface area contributed by atoms with Gasteiger partial charge < -0.3 is 20.7 Å². The van der Waals surface area contributed by atoms with E-state index in [1.54, 1.807) is 13.2 Å². The second-order valence-electron chi connectivity index (χ2n) is 3.80. The van der Waals surface area contributed by atoms with Gasteiger partial charge in [-0.1, -0.05) is 0 Å². The fourth-order valence-corrected chi connectivity index (χ4v) is 2.23. The highest BCUT2D eigenvalue weighted by Gasteiger charge is 2.31. The molecule has 98 valence electrons. The number of carbonyl (C=O) groups is 1. The van der Waals surface area contributed by atoms with Gasteiger partial charge in [-0.25, -0.2) is 4.98 Å². The van der Waals surface area contributed by atoms with Crippen LogP contribution in [0.15, 0.2) is 10.7 Å². The summed E-state index contributed by atoms with van der Waals surface area (Å²) in [6, 6.07) is -0.408. The Bertz CT molecular complexity index is 456. The molecule has 1 aliphatic heterocycles. The van der Waals surface area contributed by atoms with Crippen molar-refractivity contribution in [1.82, 2.24) is 15.3 Å². The molecule has 8 heteroatoms. The largest absolute Gasteiger partial charge is 0.377 e. The Kier molecular flexibility index (Phi) is 3.97. The third kappa shape index (κ3) is 2.54. The summed E-state index contributed by atoms with van der Waals surface area (Å²) in [6.45, 7) is 1.45. The number of amides is 1. The molecule has 0 saturated carbocycles. The second kappa shape index (κ2) is 5.49. The van der Waals surface area contributed by atoms with Crippen LogP contribution in [-0.4, -0.2) is 48.7 Å². The fourth-order valence-electron chi connectivity index (χ4n) is 1.81. The molecule has 1 saturated heterocycles. The van der Waals surface area contributed by atoms with Gasteiger partial charge in [0.1, 0.15) is 11.9 Å². The molecule has 18 heavy (non-hydrogen) atoms. The molecule has 1 fully saturated rings. The molecule has 0 spiro atoms. The summed E-state index contributed by atoms with van der Waals surface area (Å²) in [7, 11) is 1.60. The highest BCUT2D eigenvalue weighted by molar-refractivity contribution is 9.10. The highest BCUT2D eigenvalue weighted by atomic mass is 79.9. The normalized spacial score (nSPS) is 19.7. The van der Waals surface area contributed by atoms with Crippen molar-refractivity contribution >= 4 is 33.6 Å². The maximum Gasteiger partial charge on any atom is 0.244 e. The van der Waals surface area contributed by atoms with Gasteiger partial charge in [0, 0.05) is 19.8 Å². The molecular weight excluding hydrogens is 302 g/mol. The zero-order chi connectivity index (χ0) is 13.1. The monoisotopic (exact) mass is 315 g/mol. The lowest BCUT2D eigenvalue weighted by atomic mass is 10.2. The van der Waals surface area contributed by atoms with Gasteiger partial charge >= 0.3 is 0 Å². The van der Waals surface area contributed by atoms with Gasteiger partial charge in [0.05, 0.1) is 17.7 Å². The zero-order valence-corrected chi connectivity index (χ0v) is 11.5. The van der Waals surface area contributed by atoms with Crippen molar-refractivity contribution in [2.75, 3.05) is 37.4 Å². The summed E-state index contributed by atoms with van der Waals surface area (Å²) in [5, 5.41) is 2.62. The van der Waals surface area contributed by atoms with Crippen LogP contribution in [0.4, 0.5) is 11.8 Å². The summed E-state index contributed by atoms with van der Waals surface area (Å²) in [5.74, 6) is 0.675. The van der Waals surface area contributed by atoms with Crippen molar-refractivity contribution in [2.45, 2.75) is 6.04 Å². The fraction of sp³-hybridized carbons (Fsp3) is 0.500. The van der Waals surface area contributed by atoms with Gasteiger partial charge in [0.15, 0.2) is 0 Å². The van der Waals surface area contributed by atoms with Crippen molar-refractivity contribution in [3.8, 4) is 0 Å². The number of aromatic nitrogens is 2. The molecule has 2 heterocycles. The maximum absolute atomic E-state index is 11.8. The quantitative estimate of drug-likeness (QED) is 0.783.